The van der Waals surface area contributed by atoms with Gasteiger partial charge in [-0.2, -0.15) is 0 Å². The number of benzene rings is 3. The lowest BCUT2D eigenvalue weighted by Crippen LogP contribution is -2.14. The fraction of sp³-hybridized carbons (Fsp3) is 0.217. The molecule has 2 nitrogen and oxygen atoms in total. The molecule has 25 heavy (non-hydrogen) atoms. The standard InChI is InChI=1S/C23H25NO/c1-19-11-13-21(14-12-19)17-24-18-22-9-5-6-10-23(22)25-16-15-20-7-3-2-4-8-20/h2-14,24H,15-18H2,1H3. The van der Waals surface area contributed by atoms with Crippen molar-refractivity contribution >= 4 is 0 Å². The van der Waals surface area contributed by atoms with Crippen molar-refractivity contribution in [2.45, 2.75) is 26.4 Å². The predicted molar refractivity (Wildman–Crippen MR) is 104 cm³/mol. The molecule has 3 aromatic rings. The van der Waals surface area contributed by atoms with Gasteiger partial charge in [0.25, 0.3) is 0 Å². The van der Waals surface area contributed by atoms with E-state index in [0.29, 0.717) is 6.61 Å². The number of hydrogen-bond acceptors (Lipinski definition) is 2. The first-order chi connectivity index (χ1) is 12.3. The maximum atomic E-state index is 6.02. The molecule has 2 heteroatoms. The molecule has 3 rings (SSSR count). The fourth-order valence-corrected chi connectivity index (χ4v) is 2.76. The summed E-state index contributed by atoms with van der Waals surface area (Å²) in [4.78, 5) is 0. The smallest absolute Gasteiger partial charge is 0.123 e. The molecule has 0 aliphatic rings. The monoisotopic (exact) mass is 331 g/mol. The molecule has 0 amide bonds. The van der Waals surface area contributed by atoms with Crippen molar-refractivity contribution in [1.82, 2.24) is 5.32 Å². The van der Waals surface area contributed by atoms with Gasteiger partial charge in [-0.05, 0) is 24.1 Å². The van der Waals surface area contributed by atoms with Crippen LogP contribution in [-0.4, -0.2) is 6.61 Å². The van der Waals surface area contributed by atoms with Gasteiger partial charge in [0, 0.05) is 25.1 Å². The van der Waals surface area contributed by atoms with Crippen LogP contribution >= 0.6 is 0 Å². The van der Waals surface area contributed by atoms with Crippen LogP contribution in [0.25, 0.3) is 0 Å². The van der Waals surface area contributed by atoms with Crippen LogP contribution in [0.1, 0.15) is 22.3 Å². The number of nitrogens with one attached hydrogen (secondary N) is 1. The average Bonchev–Trinajstić information content (AvgIpc) is 2.65. The lowest BCUT2D eigenvalue weighted by molar-refractivity contribution is 0.317. The highest BCUT2D eigenvalue weighted by Gasteiger charge is 2.03. The van der Waals surface area contributed by atoms with Crippen LogP contribution in [0.5, 0.6) is 5.75 Å². The van der Waals surface area contributed by atoms with Gasteiger partial charge in [0.2, 0.25) is 0 Å². The highest BCUT2D eigenvalue weighted by molar-refractivity contribution is 5.33. The summed E-state index contributed by atoms with van der Waals surface area (Å²) < 4.78 is 6.02. The van der Waals surface area contributed by atoms with Crippen LogP contribution in [0.3, 0.4) is 0 Å². The summed E-state index contributed by atoms with van der Waals surface area (Å²) in [7, 11) is 0. The van der Waals surface area contributed by atoms with Gasteiger partial charge in [-0.3, -0.25) is 0 Å². The van der Waals surface area contributed by atoms with Gasteiger partial charge >= 0.3 is 0 Å². The Balaban J connectivity index is 1.50. The van der Waals surface area contributed by atoms with Crippen LogP contribution in [0.4, 0.5) is 0 Å². The number of para-hydroxylation sites is 1. The van der Waals surface area contributed by atoms with Crippen molar-refractivity contribution in [2.24, 2.45) is 0 Å². The first kappa shape index (κ1) is 17.2. The summed E-state index contributed by atoms with van der Waals surface area (Å²) in [5.74, 6) is 0.967. The molecule has 1 N–H and O–H groups in total. The van der Waals surface area contributed by atoms with E-state index in [-0.39, 0.29) is 0 Å². The van der Waals surface area contributed by atoms with Crippen LogP contribution in [0, 0.1) is 6.92 Å². The summed E-state index contributed by atoms with van der Waals surface area (Å²) in [6.07, 6.45) is 0.923. The summed E-state index contributed by atoms with van der Waals surface area (Å²) in [6.45, 7) is 4.47. The van der Waals surface area contributed by atoms with Crippen molar-refractivity contribution in [3.05, 3.63) is 101 Å². The molecule has 3 aromatic carbocycles. The zero-order valence-electron chi connectivity index (χ0n) is 14.7. The van der Waals surface area contributed by atoms with Gasteiger partial charge in [-0.15, -0.1) is 0 Å². The molecular weight excluding hydrogens is 306 g/mol. The highest BCUT2D eigenvalue weighted by atomic mass is 16.5. The number of aryl methyl sites for hydroxylation is 1. The van der Waals surface area contributed by atoms with Crippen molar-refractivity contribution in [1.29, 1.82) is 0 Å². The third-order valence-electron chi connectivity index (χ3n) is 4.23. The molecule has 0 saturated carbocycles. The van der Waals surface area contributed by atoms with E-state index in [0.717, 1.165) is 25.3 Å². The van der Waals surface area contributed by atoms with Crippen molar-refractivity contribution in [3.8, 4) is 5.75 Å². The van der Waals surface area contributed by atoms with E-state index in [1.807, 2.05) is 18.2 Å². The molecule has 0 bridgehead atoms. The minimum atomic E-state index is 0.693. The second kappa shape index (κ2) is 9.05. The summed E-state index contributed by atoms with van der Waals surface area (Å²) >= 11 is 0. The van der Waals surface area contributed by atoms with Crippen LogP contribution < -0.4 is 10.1 Å². The second-order valence-electron chi connectivity index (χ2n) is 6.28. The Morgan fingerprint density at radius 3 is 2.24 bits per heavy atom. The van der Waals surface area contributed by atoms with Gasteiger partial charge in [-0.1, -0.05) is 78.4 Å². The quantitative estimate of drug-likeness (QED) is 0.633. The third-order valence-corrected chi connectivity index (χ3v) is 4.23. The first-order valence-electron chi connectivity index (χ1n) is 8.82. The van der Waals surface area contributed by atoms with E-state index < -0.39 is 0 Å². The van der Waals surface area contributed by atoms with Crippen LogP contribution in [-0.2, 0) is 19.5 Å². The van der Waals surface area contributed by atoms with Gasteiger partial charge in [0.15, 0.2) is 0 Å². The maximum absolute atomic E-state index is 6.02. The topological polar surface area (TPSA) is 21.3 Å². The average molecular weight is 331 g/mol. The largest absolute Gasteiger partial charge is 0.493 e. The van der Waals surface area contributed by atoms with E-state index >= 15 is 0 Å². The molecule has 0 saturated heterocycles. The second-order valence-corrected chi connectivity index (χ2v) is 6.28. The van der Waals surface area contributed by atoms with Crippen LogP contribution in [0.15, 0.2) is 78.9 Å². The molecule has 0 aliphatic heterocycles. The van der Waals surface area contributed by atoms with Gasteiger partial charge in [-0.25, -0.2) is 0 Å². The zero-order chi connectivity index (χ0) is 17.3. The summed E-state index contributed by atoms with van der Waals surface area (Å²) in [6, 6.07) is 27.4. The molecule has 0 atom stereocenters. The zero-order valence-corrected chi connectivity index (χ0v) is 14.7. The summed E-state index contributed by atoms with van der Waals surface area (Å²) in [5.41, 5.74) is 5.09. The minimum Gasteiger partial charge on any atom is -0.493 e. The van der Waals surface area contributed by atoms with Gasteiger partial charge < -0.3 is 10.1 Å². The SMILES string of the molecule is Cc1ccc(CNCc2ccccc2OCCc2ccccc2)cc1. The molecule has 0 spiro atoms. The lowest BCUT2D eigenvalue weighted by Gasteiger charge is -2.12. The van der Waals surface area contributed by atoms with E-state index in [1.54, 1.807) is 0 Å². The van der Waals surface area contributed by atoms with Crippen LogP contribution in [0.2, 0.25) is 0 Å². The summed E-state index contributed by atoms with van der Waals surface area (Å²) in [5, 5.41) is 3.51. The lowest BCUT2D eigenvalue weighted by atomic mass is 10.1. The molecule has 128 valence electrons. The molecular formula is C23H25NO. The Bertz CT molecular complexity index is 766. The van der Waals surface area contributed by atoms with E-state index in [1.165, 1.54) is 22.3 Å². The first-order valence-corrected chi connectivity index (χ1v) is 8.82. The maximum Gasteiger partial charge on any atom is 0.123 e. The molecule has 0 fully saturated rings. The minimum absolute atomic E-state index is 0.693. The molecule has 0 unspecified atom stereocenters. The number of ether oxygens (including phenoxy) is 1. The Morgan fingerprint density at radius 1 is 0.720 bits per heavy atom. The predicted octanol–water partition coefficient (Wildman–Crippen LogP) is 4.91. The van der Waals surface area contributed by atoms with Crippen molar-refractivity contribution in [2.75, 3.05) is 6.61 Å². The van der Waals surface area contributed by atoms with Crippen molar-refractivity contribution in [3.63, 3.8) is 0 Å². The van der Waals surface area contributed by atoms with E-state index in [9.17, 15) is 0 Å². The Hall–Kier alpha value is -2.58. The van der Waals surface area contributed by atoms with E-state index in [4.69, 9.17) is 4.74 Å². The molecule has 0 heterocycles. The number of hydrogen-bond donors (Lipinski definition) is 1. The van der Waals surface area contributed by atoms with Gasteiger partial charge in [0.05, 0.1) is 6.61 Å². The van der Waals surface area contributed by atoms with Crippen molar-refractivity contribution < 1.29 is 4.74 Å². The Labute approximate surface area is 150 Å². The van der Waals surface area contributed by atoms with E-state index in [2.05, 4.69) is 72.9 Å². The molecule has 0 aromatic heterocycles. The number of rotatable bonds is 8. The normalized spacial score (nSPS) is 10.6. The molecule has 0 aliphatic carbocycles. The highest BCUT2D eigenvalue weighted by Crippen LogP contribution is 2.18. The fourth-order valence-electron chi connectivity index (χ4n) is 2.76. The Morgan fingerprint density at radius 2 is 1.44 bits per heavy atom. The van der Waals surface area contributed by atoms with Gasteiger partial charge in [0.1, 0.15) is 5.75 Å². The molecule has 0 radical (unpaired) electrons. The Kier molecular flexibility index (Phi) is 6.24. The third kappa shape index (κ3) is 5.47.